The van der Waals surface area contributed by atoms with Crippen molar-refractivity contribution < 1.29 is 4.79 Å². The molecule has 0 saturated heterocycles. The van der Waals surface area contributed by atoms with E-state index in [1.165, 1.54) is 19.3 Å². The van der Waals surface area contributed by atoms with Gasteiger partial charge >= 0.3 is 0 Å². The van der Waals surface area contributed by atoms with Gasteiger partial charge in [-0.2, -0.15) is 0 Å². The Bertz CT molecular complexity index is 310. The minimum absolute atomic E-state index is 0.182. The van der Waals surface area contributed by atoms with Crippen LogP contribution >= 0.6 is 0 Å². The highest BCUT2D eigenvalue weighted by Gasteiger charge is 2.64. The highest BCUT2D eigenvalue weighted by atomic mass is 16.2. The maximum atomic E-state index is 11.8. The summed E-state index contributed by atoms with van der Waals surface area (Å²) in [4.78, 5) is 11.8. The van der Waals surface area contributed by atoms with Crippen LogP contribution in [0.2, 0.25) is 0 Å². The molecule has 0 aromatic carbocycles. The third-order valence-electron chi connectivity index (χ3n) is 5.58. The summed E-state index contributed by atoms with van der Waals surface area (Å²) < 4.78 is 0. The minimum atomic E-state index is 0.182. The predicted molar refractivity (Wildman–Crippen MR) is 72.1 cm³/mol. The van der Waals surface area contributed by atoms with Gasteiger partial charge in [-0.3, -0.25) is 4.79 Å². The van der Waals surface area contributed by atoms with Crippen molar-refractivity contribution in [1.29, 1.82) is 0 Å². The Kier molecular flexibility index (Phi) is 3.35. The van der Waals surface area contributed by atoms with Gasteiger partial charge in [0.25, 0.3) is 0 Å². The molecule has 3 rings (SSSR count). The van der Waals surface area contributed by atoms with Gasteiger partial charge in [0.1, 0.15) is 0 Å². The van der Waals surface area contributed by atoms with Crippen LogP contribution in [0.1, 0.15) is 46.0 Å². The molecular formula is C15H26N2O. The molecule has 18 heavy (non-hydrogen) atoms. The standard InChI is InChI=1S/C15H26N2O/c1-3-11(4-2)17-12(18)8-16-15-13-9-5-6-10(7-9)14(13)15/h9-11,13-16H,3-8H2,1-2H3,(H,17,18). The highest BCUT2D eigenvalue weighted by Crippen LogP contribution is 2.65. The normalized spacial score (nSPS) is 40.1. The average molecular weight is 250 g/mol. The van der Waals surface area contributed by atoms with E-state index in [0.29, 0.717) is 18.6 Å². The number of nitrogens with one attached hydrogen (secondary N) is 2. The van der Waals surface area contributed by atoms with Gasteiger partial charge in [0.15, 0.2) is 0 Å². The lowest BCUT2D eigenvalue weighted by Gasteiger charge is -2.15. The third kappa shape index (κ3) is 2.07. The van der Waals surface area contributed by atoms with Crippen LogP contribution < -0.4 is 10.6 Å². The Morgan fingerprint density at radius 2 is 1.78 bits per heavy atom. The maximum Gasteiger partial charge on any atom is 0.234 e. The molecule has 0 aromatic rings. The molecule has 4 unspecified atom stereocenters. The summed E-state index contributed by atoms with van der Waals surface area (Å²) in [6, 6.07) is 1.03. The van der Waals surface area contributed by atoms with E-state index in [9.17, 15) is 4.79 Å². The molecule has 102 valence electrons. The van der Waals surface area contributed by atoms with Crippen molar-refractivity contribution in [2.45, 2.75) is 58.0 Å². The fourth-order valence-corrected chi connectivity index (χ4v) is 4.58. The van der Waals surface area contributed by atoms with Gasteiger partial charge in [-0.25, -0.2) is 0 Å². The molecule has 0 aromatic heterocycles. The van der Waals surface area contributed by atoms with Gasteiger partial charge in [-0.1, -0.05) is 13.8 Å². The summed E-state index contributed by atoms with van der Waals surface area (Å²) >= 11 is 0. The van der Waals surface area contributed by atoms with Crippen LogP contribution in [0.25, 0.3) is 0 Å². The lowest BCUT2D eigenvalue weighted by Crippen LogP contribution is -2.41. The van der Waals surface area contributed by atoms with Gasteiger partial charge in [-0.15, -0.1) is 0 Å². The lowest BCUT2D eigenvalue weighted by atomic mass is 10.0. The quantitative estimate of drug-likeness (QED) is 0.756. The van der Waals surface area contributed by atoms with E-state index in [-0.39, 0.29) is 5.91 Å². The summed E-state index contributed by atoms with van der Waals surface area (Å²) in [5, 5.41) is 6.60. The van der Waals surface area contributed by atoms with Crippen molar-refractivity contribution in [3.05, 3.63) is 0 Å². The van der Waals surface area contributed by atoms with Gasteiger partial charge in [-0.05, 0) is 55.8 Å². The van der Waals surface area contributed by atoms with E-state index in [2.05, 4.69) is 24.5 Å². The van der Waals surface area contributed by atoms with Crippen LogP contribution in [0.3, 0.4) is 0 Å². The van der Waals surface area contributed by atoms with Crippen molar-refractivity contribution in [2.75, 3.05) is 6.54 Å². The summed E-state index contributed by atoms with van der Waals surface area (Å²) in [7, 11) is 0. The molecule has 3 heteroatoms. The summed E-state index contributed by atoms with van der Waals surface area (Å²) in [5.41, 5.74) is 0. The highest BCUT2D eigenvalue weighted by molar-refractivity contribution is 5.78. The molecule has 3 saturated carbocycles. The average Bonchev–Trinajstić information content (AvgIpc) is 2.77. The Morgan fingerprint density at radius 1 is 1.17 bits per heavy atom. The molecule has 0 heterocycles. The molecule has 3 aliphatic rings. The summed E-state index contributed by atoms with van der Waals surface area (Å²) in [6.45, 7) is 4.78. The van der Waals surface area contributed by atoms with Crippen molar-refractivity contribution in [3.63, 3.8) is 0 Å². The predicted octanol–water partition coefficient (Wildman–Crippen LogP) is 1.93. The first-order valence-electron chi connectivity index (χ1n) is 7.77. The zero-order valence-corrected chi connectivity index (χ0v) is 11.6. The monoisotopic (exact) mass is 250 g/mol. The molecule has 3 nitrogen and oxygen atoms in total. The molecule has 2 N–H and O–H groups in total. The van der Waals surface area contributed by atoms with Crippen LogP contribution in [0.5, 0.6) is 0 Å². The first-order chi connectivity index (χ1) is 8.74. The fourth-order valence-electron chi connectivity index (χ4n) is 4.58. The van der Waals surface area contributed by atoms with Crippen LogP contribution in [-0.2, 0) is 4.79 Å². The van der Waals surface area contributed by atoms with Gasteiger partial charge in [0.05, 0.1) is 6.54 Å². The zero-order chi connectivity index (χ0) is 12.7. The zero-order valence-electron chi connectivity index (χ0n) is 11.6. The second kappa shape index (κ2) is 4.84. The molecule has 0 radical (unpaired) electrons. The summed E-state index contributed by atoms with van der Waals surface area (Å²) in [5.74, 6) is 4.00. The fraction of sp³-hybridized carbons (Fsp3) is 0.933. The molecule has 4 atom stereocenters. The van der Waals surface area contributed by atoms with Crippen molar-refractivity contribution >= 4 is 5.91 Å². The van der Waals surface area contributed by atoms with Crippen molar-refractivity contribution in [1.82, 2.24) is 10.6 Å². The Morgan fingerprint density at radius 3 is 2.33 bits per heavy atom. The number of fused-ring (bicyclic) bond motifs is 5. The number of amides is 1. The van der Waals surface area contributed by atoms with Crippen LogP contribution in [0.4, 0.5) is 0 Å². The number of rotatable bonds is 6. The molecular weight excluding hydrogens is 224 g/mol. The minimum Gasteiger partial charge on any atom is -0.352 e. The van der Waals surface area contributed by atoms with Crippen molar-refractivity contribution in [3.8, 4) is 0 Å². The molecule has 0 aliphatic heterocycles. The Hall–Kier alpha value is -0.570. The van der Waals surface area contributed by atoms with E-state index in [1.807, 2.05) is 0 Å². The van der Waals surface area contributed by atoms with E-state index < -0.39 is 0 Å². The first-order valence-corrected chi connectivity index (χ1v) is 7.77. The molecule has 1 amide bonds. The second-order valence-corrected chi connectivity index (χ2v) is 6.48. The van der Waals surface area contributed by atoms with Gasteiger partial charge in [0, 0.05) is 12.1 Å². The topological polar surface area (TPSA) is 41.1 Å². The number of hydrogen-bond donors (Lipinski definition) is 2. The smallest absolute Gasteiger partial charge is 0.234 e. The van der Waals surface area contributed by atoms with Crippen LogP contribution in [-0.4, -0.2) is 24.5 Å². The lowest BCUT2D eigenvalue weighted by molar-refractivity contribution is -0.121. The number of hydrogen-bond acceptors (Lipinski definition) is 2. The molecule has 2 bridgehead atoms. The first kappa shape index (κ1) is 12.5. The molecule has 3 fully saturated rings. The van der Waals surface area contributed by atoms with Crippen molar-refractivity contribution in [2.24, 2.45) is 23.7 Å². The van der Waals surface area contributed by atoms with E-state index in [4.69, 9.17) is 0 Å². The maximum absolute atomic E-state index is 11.8. The van der Waals surface area contributed by atoms with Gasteiger partial charge < -0.3 is 10.6 Å². The van der Waals surface area contributed by atoms with Crippen LogP contribution in [0.15, 0.2) is 0 Å². The van der Waals surface area contributed by atoms with E-state index >= 15 is 0 Å². The number of carbonyl (C=O) groups excluding carboxylic acids is 1. The van der Waals surface area contributed by atoms with Crippen LogP contribution in [0, 0.1) is 23.7 Å². The van der Waals surface area contributed by atoms with Gasteiger partial charge in [0.2, 0.25) is 5.91 Å². The van der Waals surface area contributed by atoms with E-state index in [1.54, 1.807) is 0 Å². The Balaban J connectivity index is 1.40. The Labute approximate surface area is 110 Å². The SMILES string of the molecule is CCC(CC)NC(=O)CNC1C2C3CCC(C3)C12. The molecule has 3 aliphatic carbocycles. The van der Waals surface area contributed by atoms with E-state index in [0.717, 1.165) is 36.5 Å². The molecule has 0 spiro atoms. The second-order valence-electron chi connectivity index (χ2n) is 6.48. The number of carbonyl (C=O) groups is 1. The largest absolute Gasteiger partial charge is 0.352 e. The third-order valence-corrected chi connectivity index (χ3v) is 5.58. The summed E-state index contributed by atoms with van der Waals surface area (Å²) in [6.07, 6.45) is 6.43.